The Morgan fingerprint density at radius 1 is 1.17 bits per heavy atom. The van der Waals surface area contributed by atoms with Crippen LogP contribution in [0.25, 0.3) is 21.3 Å². The first kappa shape index (κ1) is 19.1. The fourth-order valence-electron chi connectivity index (χ4n) is 3.48. The first-order valence-corrected chi connectivity index (χ1v) is 12.2. The molecule has 30 heavy (non-hydrogen) atoms. The van der Waals surface area contributed by atoms with Gasteiger partial charge in [0, 0.05) is 0 Å². The van der Waals surface area contributed by atoms with Crippen LogP contribution in [0.2, 0.25) is 0 Å². The predicted molar refractivity (Wildman–Crippen MR) is 119 cm³/mol. The van der Waals surface area contributed by atoms with Crippen LogP contribution in [-0.2, 0) is 10.0 Å². The standard InChI is InChI=1S/C21H15N3O3S3/c1-13-23-18-4-3-17(10-21(18)29-13)30(25,26)24-6-7-27-20-5-2-14(9-19(20)24)15-8-16(11-22)28-12-15/h2-5,8-10,12H,6-7H2,1H3. The number of nitriles is 1. The van der Waals surface area contributed by atoms with Crippen LogP contribution >= 0.6 is 22.7 Å². The lowest BCUT2D eigenvalue weighted by molar-refractivity contribution is 0.316. The van der Waals surface area contributed by atoms with Crippen molar-refractivity contribution in [3.05, 3.63) is 57.7 Å². The second-order valence-electron chi connectivity index (χ2n) is 6.78. The molecule has 0 atom stereocenters. The Balaban J connectivity index is 1.60. The molecule has 6 nitrogen and oxygen atoms in total. The van der Waals surface area contributed by atoms with Crippen molar-refractivity contribution in [2.45, 2.75) is 11.8 Å². The van der Waals surface area contributed by atoms with E-state index in [1.807, 2.05) is 24.4 Å². The molecule has 4 aromatic rings. The zero-order valence-electron chi connectivity index (χ0n) is 15.8. The van der Waals surface area contributed by atoms with Crippen molar-refractivity contribution in [2.24, 2.45) is 0 Å². The van der Waals surface area contributed by atoms with Crippen molar-refractivity contribution in [2.75, 3.05) is 17.5 Å². The number of aromatic nitrogens is 1. The summed E-state index contributed by atoms with van der Waals surface area (Å²) in [5.74, 6) is 0.527. The zero-order valence-corrected chi connectivity index (χ0v) is 18.3. The SMILES string of the molecule is Cc1nc2ccc(S(=O)(=O)N3CCOc4ccc(-c5csc(C#N)c5)cc43)cc2s1. The third-order valence-corrected chi connectivity index (χ3v) is 8.46. The first-order chi connectivity index (χ1) is 14.5. The van der Waals surface area contributed by atoms with E-state index in [4.69, 9.17) is 10.00 Å². The number of thiophene rings is 1. The Hall–Kier alpha value is -2.93. The molecule has 0 unspecified atom stereocenters. The van der Waals surface area contributed by atoms with Gasteiger partial charge in [0.25, 0.3) is 10.0 Å². The third kappa shape index (κ3) is 3.13. The lowest BCUT2D eigenvalue weighted by Crippen LogP contribution is -2.37. The minimum absolute atomic E-state index is 0.228. The van der Waals surface area contributed by atoms with E-state index >= 15 is 0 Å². The maximum atomic E-state index is 13.5. The van der Waals surface area contributed by atoms with Gasteiger partial charge in [0.1, 0.15) is 23.3 Å². The number of rotatable bonds is 3. The van der Waals surface area contributed by atoms with E-state index in [-0.39, 0.29) is 18.0 Å². The predicted octanol–water partition coefficient (Wildman–Crippen LogP) is 4.79. The minimum Gasteiger partial charge on any atom is -0.489 e. The molecule has 0 amide bonds. The van der Waals surface area contributed by atoms with Gasteiger partial charge in [-0.2, -0.15) is 5.26 Å². The van der Waals surface area contributed by atoms with Crippen LogP contribution in [0.5, 0.6) is 5.75 Å². The molecule has 1 aliphatic rings. The van der Waals surface area contributed by atoms with Crippen molar-refractivity contribution in [1.29, 1.82) is 5.26 Å². The maximum absolute atomic E-state index is 13.5. The minimum atomic E-state index is -3.77. The van der Waals surface area contributed by atoms with Gasteiger partial charge >= 0.3 is 0 Å². The molecule has 0 bridgehead atoms. The molecular formula is C21H15N3O3S3. The van der Waals surface area contributed by atoms with Gasteiger partial charge in [-0.05, 0) is 59.8 Å². The summed E-state index contributed by atoms with van der Waals surface area (Å²) in [5, 5.41) is 11.9. The quantitative estimate of drug-likeness (QED) is 0.445. The Labute approximate surface area is 181 Å². The fourth-order valence-corrected chi connectivity index (χ4v) is 6.60. The summed E-state index contributed by atoms with van der Waals surface area (Å²) >= 11 is 2.83. The van der Waals surface area contributed by atoms with Crippen molar-refractivity contribution in [1.82, 2.24) is 4.98 Å². The van der Waals surface area contributed by atoms with Gasteiger partial charge in [-0.1, -0.05) is 6.07 Å². The summed E-state index contributed by atoms with van der Waals surface area (Å²) in [6.45, 7) is 2.41. The second-order valence-corrected chi connectivity index (χ2v) is 10.8. The third-order valence-electron chi connectivity index (χ3n) is 4.88. The number of thiazole rings is 1. The van der Waals surface area contributed by atoms with Gasteiger partial charge in [0.2, 0.25) is 0 Å². The molecule has 0 saturated heterocycles. The van der Waals surface area contributed by atoms with Gasteiger partial charge in [-0.15, -0.1) is 22.7 Å². The number of ether oxygens (including phenoxy) is 1. The smallest absolute Gasteiger partial charge is 0.264 e. The van der Waals surface area contributed by atoms with E-state index in [2.05, 4.69) is 11.1 Å². The molecule has 5 rings (SSSR count). The molecule has 0 fully saturated rings. The molecule has 0 spiro atoms. The zero-order chi connectivity index (χ0) is 20.9. The number of anilines is 1. The Morgan fingerprint density at radius 2 is 2.03 bits per heavy atom. The Bertz CT molecular complexity index is 1430. The molecule has 2 aromatic carbocycles. The number of nitrogens with zero attached hydrogens (tertiary/aromatic N) is 3. The van der Waals surface area contributed by atoms with Crippen molar-refractivity contribution >= 4 is 48.6 Å². The average molecular weight is 454 g/mol. The number of fused-ring (bicyclic) bond motifs is 2. The number of hydrogen-bond acceptors (Lipinski definition) is 7. The molecule has 2 aromatic heterocycles. The van der Waals surface area contributed by atoms with Crippen LogP contribution in [0, 0.1) is 18.3 Å². The normalized spacial score (nSPS) is 13.7. The van der Waals surface area contributed by atoms with E-state index in [9.17, 15) is 8.42 Å². The molecule has 3 heterocycles. The van der Waals surface area contributed by atoms with Gasteiger partial charge < -0.3 is 4.74 Å². The highest BCUT2D eigenvalue weighted by Gasteiger charge is 2.31. The van der Waals surface area contributed by atoms with Crippen LogP contribution in [0.4, 0.5) is 5.69 Å². The van der Waals surface area contributed by atoms with Crippen molar-refractivity contribution in [3.63, 3.8) is 0 Å². The van der Waals surface area contributed by atoms with Crippen LogP contribution in [0.15, 0.2) is 52.7 Å². The Morgan fingerprint density at radius 3 is 2.83 bits per heavy atom. The first-order valence-electron chi connectivity index (χ1n) is 9.11. The van der Waals surface area contributed by atoms with E-state index in [1.54, 1.807) is 30.3 Å². The van der Waals surface area contributed by atoms with Crippen molar-refractivity contribution in [3.8, 4) is 22.9 Å². The molecule has 1 aliphatic heterocycles. The molecule has 0 saturated carbocycles. The van der Waals surface area contributed by atoms with E-state index in [0.717, 1.165) is 26.4 Å². The van der Waals surface area contributed by atoms with E-state index in [0.29, 0.717) is 16.3 Å². The number of hydrogen-bond donors (Lipinski definition) is 0. The maximum Gasteiger partial charge on any atom is 0.264 e. The van der Waals surface area contributed by atoms with Gasteiger partial charge in [-0.3, -0.25) is 4.31 Å². The fraction of sp³-hybridized carbons (Fsp3) is 0.143. The molecule has 9 heteroatoms. The highest BCUT2D eigenvalue weighted by Crippen LogP contribution is 2.39. The van der Waals surface area contributed by atoms with Crippen LogP contribution in [0.3, 0.4) is 0 Å². The summed E-state index contributed by atoms with van der Waals surface area (Å²) in [5.41, 5.74) is 3.02. The highest BCUT2D eigenvalue weighted by molar-refractivity contribution is 7.92. The second kappa shape index (κ2) is 7.09. The highest BCUT2D eigenvalue weighted by atomic mass is 32.2. The molecule has 0 aliphatic carbocycles. The Kier molecular flexibility index (Phi) is 4.50. The summed E-state index contributed by atoms with van der Waals surface area (Å²) in [4.78, 5) is 5.25. The topological polar surface area (TPSA) is 83.3 Å². The molecular weight excluding hydrogens is 438 g/mol. The van der Waals surface area contributed by atoms with Crippen LogP contribution in [0.1, 0.15) is 9.88 Å². The van der Waals surface area contributed by atoms with E-state index < -0.39 is 10.0 Å². The molecule has 0 radical (unpaired) electrons. The number of benzene rings is 2. The molecule has 150 valence electrons. The summed E-state index contributed by atoms with van der Waals surface area (Å²) < 4.78 is 35.0. The summed E-state index contributed by atoms with van der Waals surface area (Å²) in [6, 6.07) is 14.4. The number of aryl methyl sites for hydroxylation is 1. The van der Waals surface area contributed by atoms with Crippen molar-refractivity contribution < 1.29 is 13.2 Å². The van der Waals surface area contributed by atoms with Crippen LogP contribution in [-0.4, -0.2) is 26.6 Å². The lowest BCUT2D eigenvalue weighted by atomic mass is 10.1. The summed E-state index contributed by atoms with van der Waals surface area (Å²) in [7, 11) is -3.77. The average Bonchev–Trinajstić information content (AvgIpc) is 3.37. The van der Waals surface area contributed by atoms with Gasteiger partial charge in [0.05, 0.1) is 32.4 Å². The monoisotopic (exact) mass is 453 g/mol. The summed E-state index contributed by atoms with van der Waals surface area (Å²) in [6.07, 6.45) is 0. The van der Waals surface area contributed by atoms with Gasteiger partial charge in [0.15, 0.2) is 0 Å². The van der Waals surface area contributed by atoms with Crippen LogP contribution < -0.4 is 9.04 Å². The largest absolute Gasteiger partial charge is 0.489 e. The van der Waals surface area contributed by atoms with E-state index in [1.165, 1.54) is 27.0 Å². The number of sulfonamides is 1. The lowest BCUT2D eigenvalue weighted by Gasteiger charge is -2.30. The molecule has 0 N–H and O–H groups in total. The van der Waals surface area contributed by atoms with Gasteiger partial charge in [-0.25, -0.2) is 13.4 Å².